The van der Waals surface area contributed by atoms with Crippen LogP contribution in [0.5, 0.6) is 0 Å². The van der Waals surface area contributed by atoms with Crippen LogP contribution in [0.15, 0.2) is 18.2 Å². The normalized spacial score (nSPS) is 20.4. The predicted molar refractivity (Wildman–Crippen MR) is 130 cm³/mol. The molecule has 1 aromatic carbocycles. The number of nitrogens with one attached hydrogen (secondary N) is 1. The number of piperazine rings is 1. The number of carbonyl (C=O) groups excluding carboxylic acids is 1. The maximum atomic E-state index is 13.8. The number of hydrogen-bond donors (Lipinski definition) is 1. The molecular formula is C23H31F3N6O4S. The molecule has 0 atom stereocenters. The number of imidazole rings is 1. The van der Waals surface area contributed by atoms with Gasteiger partial charge in [-0.05, 0) is 49.8 Å². The van der Waals surface area contributed by atoms with Gasteiger partial charge in [-0.2, -0.15) is 25.9 Å². The minimum absolute atomic E-state index is 0.0417. The number of alkyl halides is 3. The van der Waals surface area contributed by atoms with Crippen molar-refractivity contribution in [3.05, 3.63) is 24.0 Å². The molecule has 1 aliphatic carbocycles. The molecule has 0 bridgehead atoms. The van der Waals surface area contributed by atoms with Gasteiger partial charge in [-0.25, -0.2) is 9.78 Å². The zero-order chi connectivity index (χ0) is 26.4. The number of hydrogen-bond acceptors (Lipinski definition) is 5. The summed E-state index contributed by atoms with van der Waals surface area (Å²) in [7, 11) is -2.59. The van der Waals surface area contributed by atoms with Crippen LogP contribution in [0.3, 0.4) is 0 Å². The molecule has 0 spiro atoms. The number of benzene rings is 1. The molecule has 1 aromatic heterocycles. The Morgan fingerprint density at radius 1 is 1.14 bits per heavy atom. The molecular weight excluding hydrogens is 513 g/mol. The Morgan fingerprint density at radius 3 is 2.43 bits per heavy atom. The Morgan fingerprint density at radius 2 is 1.81 bits per heavy atom. The second kappa shape index (κ2) is 9.95. The fraction of sp³-hybridized carbons (Fsp3) is 0.652. The van der Waals surface area contributed by atoms with Crippen LogP contribution in [0.25, 0.3) is 11.0 Å². The summed E-state index contributed by atoms with van der Waals surface area (Å²) in [5, 5.41) is 2.90. The van der Waals surface area contributed by atoms with Gasteiger partial charge in [0.05, 0.1) is 16.7 Å². The number of carbonyl (C=O) groups is 1. The van der Waals surface area contributed by atoms with E-state index in [0.717, 1.165) is 17.1 Å². The number of anilines is 1. The number of urea groups is 1. The summed E-state index contributed by atoms with van der Waals surface area (Å²) in [4.78, 5) is 17.7. The average molecular weight is 545 g/mol. The molecule has 1 saturated carbocycles. The molecule has 5 rings (SSSR count). The van der Waals surface area contributed by atoms with Crippen LogP contribution < -0.4 is 9.62 Å². The van der Waals surface area contributed by atoms with Crippen molar-refractivity contribution in [2.24, 2.45) is 5.92 Å². The maximum Gasteiger partial charge on any atom is 0.449 e. The van der Waals surface area contributed by atoms with Gasteiger partial charge in [-0.1, -0.05) is 0 Å². The van der Waals surface area contributed by atoms with Crippen LogP contribution in [0.4, 0.5) is 23.7 Å². The molecule has 1 N–H and O–H groups in total. The van der Waals surface area contributed by atoms with Crippen LogP contribution >= 0.6 is 0 Å². The van der Waals surface area contributed by atoms with Crippen molar-refractivity contribution in [3.8, 4) is 0 Å². The first kappa shape index (κ1) is 26.0. The Kier molecular flexibility index (Phi) is 7.00. The molecule has 3 heterocycles. The van der Waals surface area contributed by atoms with E-state index < -0.39 is 22.2 Å². The Balaban J connectivity index is 1.34. The molecule has 3 fully saturated rings. The lowest BCUT2D eigenvalue weighted by atomic mass is 10.0. The monoisotopic (exact) mass is 544 g/mol. The summed E-state index contributed by atoms with van der Waals surface area (Å²) < 4.78 is 77.0. The van der Waals surface area contributed by atoms with Crippen LogP contribution in [0.2, 0.25) is 0 Å². The van der Waals surface area contributed by atoms with Crippen LogP contribution in [-0.4, -0.2) is 85.7 Å². The average Bonchev–Trinajstić information content (AvgIpc) is 3.62. The number of nitrogens with zero attached hydrogens (tertiary/aromatic N) is 5. The standard InChI is InChI=1S/C23H31F3N6O4S/c1-29(37(34,35)31-10-8-30(9-11-31)22(33)27-17-2-3-17)18-4-5-20-19(14-18)28-21(23(24,25)26)32(20)15-16-6-12-36-13-7-16/h4-5,14,16-17H,2-3,6-13,15H2,1H3,(H,27,33). The van der Waals surface area contributed by atoms with Crippen molar-refractivity contribution in [1.29, 1.82) is 0 Å². The first-order valence-corrected chi connectivity index (χ1v) is 13.9. The van der Waals surface area contributed by atoms with Gasteiger partial charge in [0, 0.05) is 59.0 Å². The van der Waals surface area contributed by atoms with E-state index in [0.29, 0.717) is 31.6 Å². The number of halogens is 3. The summed E-state index contributed by atoms with van der Waals surface area (Å²) in [6.45, 7) is 1.99. The molecule has 2 saturated heterocycles. The lowest BCUT2D eigenvalue weighted by molar-refractivity contribution is -0.147. The van der Waals surface area contributed by atoms with Gasteiger partial charge in [0.15, 0.2) is 0 Å². The molecule has 10 nitrogen and oxygen atoms in total. The summed E-state index contributed by atoms with van der Waals surface area (Å²) >= 11 is 0. The third-order valence-electron chi connectivity index (χ3n) is 7.23. The van der Waals surface area contributed by atoms with E-state index >= 15 is 0 Å². The van der Waals surface area contributed by atoms with E-state index in [2.05, 4.69) is 10.3 Å². The summed E-state index contributed by atoms with van der Waals surface area (Å²) in [5.74, 6) is -0.947. The SMILES string of the molecule is CN(c1ccc2c(c1)nc(C(F)(F)F)n2CC1CCOCC1)S(=O)(=O)N1CCN(C(=O)NC2CC2)CC1. The number of fused-ring (bicyclic) bond motifs is 1. The first-order chi connectivity index (χ1) is 17.5. The Bertz CT molecular complexity index is 1250. The lowest BCUT2D eigenvalue weighted by Gasteiger charge is -2.36. The Hall–Kier alpha value is -2.58. The first-order valence-electron chi connectivity index (χ1n) is 12.5. The van der Waals surface area contributed by atoms with E-state index in [4.69, 9.17) is 4.74 Å². The number of amides is 2. The van der Waals surface area contributed by atoms with Gasteiger partial charge >= 0.3 is 22.4 Å². The van der Waals surface area contributed by atoms with Gasteiger partial charge in [0.25, 0.3) is 0 Å². The van der Waals surface area contributed by atoms with Crippen LogP contribution in [0.1, 0.15) is 31.5 Å². The fourth-order valence-corrected chi connectivity index (χ4v) is 6.18. The van der Waals surface area contributed by atoms with Gasteiger partial charge < -0.3 is 19.5 Å². The van der Waals surface area contributed by atoms with Gasteiger partial charge in [0.2, 0.25) is 5.82 Å². The van der Waals surface area contributed by atoms with Crippen LogP contribution in [0, 0.1) is 5.92 Å². The second-order valence-electron chi connectivity index (χ2n) is 9.86. The van der Waals surface area contributed by atoms with Gasteiger partial charge in [0.1, 0.15) is 0 Å². The molecule has 2 aliphatic heterocycles. The zero-order valence-electron chi connectivity index (χ0n) is 20.6. The molecule has 0 unspecified atom stereocenters. The van der Waals surface area contributed by atoms with E-state index in [1.165, 1.54) is 34.1 Å². The molecule has 37 heavy (non-hydrogen) atoms. The highest BCUT2D eigenvalue weighted by Crippen LogP contribution is 2.34. The number of rotatable bonds is 6. The second-order valence-corrected chi connectivity index (χ2v) is 11.8. The highest BCUT2D eigenvalue weighted by molar-refractivity contribution is 7.90. The smallest absolute Gasteiger partial charge is 0.381 e. The van der Waals surface area contributed by atoms with E-state index in [1.54, 1.807) is 4.90 Å². The van der Waals surface area contributed by atoms with Crippen molar-refractivity contribution < 1.29 is 31.1 Å². The summed E-state index contributed by atoms with van der Waals surface area (Å²) in [5.41, 5.74) is 0.606. The molecule has 0 radical (unpaired) electrons. The number of aromatic nitrogens is 2. The minimum Gasteiger partial charge on any atom is -0.381 e. The quantitative estimate of drug-likeness (QED) is 0.603. The summed E-state index contributed by atoms with van der Waals surface area (Å²) in [6, 6.07) is 4.41. The van der Waals surface area contributed by atoms with Crippen LogP contribution in [-0.2, 0) is 27.7 Å². The summed E-state index contributed by atoms with van der Waals surface area (Å²) in [6.07, 6.45) is -1.37. The zero-order valence-corrected chi connectivity index (χ0v) is 21.4. The number of ether oxygens (including phenoxy) is 1. The van der Waals surface area contributed by atoms with Crippen molar-refractivity contribution >= 4 is 33.0 Å². The van der Waals surface area contributed by atoms with E-state index in [9.17, 15) is 26.4 Å². The molecule has 3 aliphatic rings. The van der Waals surface area contributed by atoms with Gasteiger partial charge in [-0.3, -0.25) is 4.31 Å². The van der Waals surface area contributed by atoms with Crippen molar-refractivity contribution in [2.45, 2.75) is 44.4 Å². The molecule has 2 amide bonds. The lowest BCUT2D eigenvalue weighted by Crippen LogP contribution is -2.55. The highest BCUT2D eigenvalue weighted by Gasteiger charge is 2.39. The Labute approximate surface area is 213 Å². The third kappa shape index (κ3) is 5.50. The van der Waals surface area contributed by atoms with Crippen molar-refractivity contribution in [2.75, 3.05) is 50.7 Å². The van der Waals surface area contributed by atoms with E-state index in [-0.39, 0.29) is 61.9 Å². The van der Waals surface area contributed by atoms with E-state index in [1.807, 2.05) is 0 Å². The topological polar surface area (TPSA) is 100 Å². The largest absolute Gasteiger partial charge is 0.449 e. The van der Waals surface area contributed by atoms with Crippen molar-refractivity contribution in [1.82, 2.24) is 24.1 Å². The molecule has 14 heteroatoms. The van der Waals surface area contributed by atoms with Crippen molar-refractivity contribution in [3.63, 3.8) is 0 Å². The fourth-order valence-electron chi connectivity index (χ4n) is 4.82. The minimum atomic E-state index is -4.65. The highest BCUT2D eigenvalue weighted by atomic mass is 32.2. The third-order valence-corrected chi connectivity index (χ3v) is 9.15. The van der Waals surface area contributed by atoms with Gasteiger partial charge in [-0.15, -0.1) is 0 Å². The maximum absolute atomic E-state index is 13.8. The molecule has 204 valence electrons. The molecule has 2 aromatic rings. The predicted octanol–water partition coefficient (Wildman–Crippen LogP) is 2.65.